The predicted octanol–water partition coefficient (Wildman–Crippen LogP) is 2.52. The van der Waals surface area contributed by atoms with Crippen LogP contribution in [0.1, 0.15) is 27.7 Å². The zero-order valence-electron chi connectivity index (χ0n) is 8.62. The van der Waals surface area contributed by atoms with Gasteiger partial charge in [0, 0.05) is 25.0 Å². The number of hydrogen-bond acceptors (Lipinski definition) is 2. The molecule has 0 radical (unpaired) electrons. The van der Waals surface area contributed by atoms with Crippen LogP contribution in [0.5, 0.6) is 0 Å². The predicted molar refractivity (Wildman–Crippen MR) is 55.4 cm³/mol. The third-order valence-corrected chi connectivity index (χ3v) is 1.60. The minimum Gasteiger partial charge on any atom is -0.373 e. The monoisotopic (exact) mass is 168 g/mol. The molecule has 12 heavy (non-hydrogen) atoms. The van der Waals surface area contributed by atoms with Crippen molar-refractivity contribution in [3.63, 3.8) is 0 Å². The molecular formula is C10H20N2. The van der Waals surface area contributed by atoms with E-state index >= 15 is 0 Å². The highest BCUT2D eigenvalue weighted by Gasteiger charge is 2.05. The van der Waals surface area contributed by atoms with Gasteiger partial charge in [-0.3, -0.25) is 4.99 Å². The standard InChI is InChI=1S/C10H20N2/c1-9(2)8-12(10(3)4)7-6-11-5/h6-7,9-10H,5,8H2,1-4H3/b7-6-. The van der Waals surface area contributed by atoms with Gasteiger partial charge in [0.2, 0.25) is 0 Å². The summed E-state index contributed by atoms with van der Waals surface area (Å²) in [5, 5.41) is 0. The van der Waals surface area contributed by atoms with E-state index in [1.54, 1.807) is 6.20 Å². The van der Waals surface area contributed by atoms with E-state index in [0.717, 1.165) is 6.54 Å². The second-order valence-electron chi connectivity index (χ2n) is 3.67. The van der Waals surface area contributed by atoms with E-state index < -0.39 is 0 Å². The van der Waals surface area contributed by atoms with E-state index in [1.165, 1.54) is 0 Å². The molecule has 0 N–H and O–H groups in total. The van der Waals surface area contributed by atoms with Gasteiger partial charge in [-0.2, -0.15) is 0 Å². The zero-order chi connectivity index (χ0) is 9.56. The molecule has 0 aliphatic rings. The SMILES string of the molecule is C=N/C=C\N(CC(C)C)C(C)C. The molecule has 0 saturated carbocycles. The van der Waals surface area contributed by atoms with Crippen LogP contribution in [-0.4, -0.2) is 24.2 Å². The fourth-order valence-corrected chi connectivity index (χ4v) is 0.998. The van der Waals surface area contributed by atoms with Crippen LogP contribution >= 0.6 is 0 Å². The van der Waals surface area contributed by atoms with Crippen LogP contribution < -0.4 is 0 Å². The molecule has 0 aromatic heterocycles. The summed E-state index contributed by atoms with van der Waals surface area (Å²) in [7, 11) is 0. The molecule has 0 aliphatic heterocycles. The lowest BCUT2D eigenvalue weighted by molar-refractivity contribution is 0.277. The van der Waals surface area contributed by atoms with Crippen molar-refractivity contribution >= 4 is 6.72 Å². The van der Waals surface area contributed by atoms with Crippen molar-refractivity contribution in [1.82, 2.24) is 4.90 Å². The Morgan fingerprint density at radius 2 is 1.92 bits per heavy atom. The van der Waals surface area contributed by atoms with Crippen molar-refractivity contribution in [2.75, 3.05) is 6.54 Å². The molecule has 0 rings (SSSR count). The zero-order valence-corrected chi connectivity index (χ0v) is 8.62. The molecule has 0 spiro atoms. The van der Waals surface area contributed by atoms with Crippen molar-refractivity contribution in [3.8, 4) is 0 Å². The lowest BCUT2D eigenvalue weighted by Gasteiger charge is -2.26. The molecule has 0 fully saturated rings. The average Bonchev–Trinajstić information content (AvgIpc) is 1.96. The van der Waals surface area contributed by atoms with Gasteiger partial charge in [-0.1, -0.05) is 13.8 Å². The highest BCUT2D eigenvalue weighted by Crippen LogP contribution is 2.04. The summed E-state index contributed by atoms with van der Waals surface area (Å²) in [5.74, 6) is 0.682. The van der Waals surface area contributed by atoms with Crippen LogP contribution in [0.25, 0.3) is 0 Å². The van der Waals surface area contributed by atoms with Gasteiger partial charge < -0.3 is 4.90 Å². The average molecular weight is 168 g/mol. The maximum Gasteiger partial charge on any atom is 0.0419 e. The Labute approximate surface area is 76.0 Å². The third-order valence-electron chi connectivity index (χ3n) is 1.60. The summed E-state index contributed by atoms with van der Waals surface area (Å²) in [6.45, 7) is 13.3. The van der Waals surface area contributed by atoms with Gasteiger partial charge in [0.1, 0.15) is 0 Å². The molecule has 0 amide bonds. The molecule has 0 saturated heterocycles. The molecule has 0 unspecified atom stereocenters. The normalized spacial score (nSPS) is 11.5. The van der Waals surface area contributed by atoms with Gasteiger partial charge in [-0.15, -0.1) is 0 Å². The first kappa shape index (κ1) is 11.2. The lowest BCUT2D eigenvalue weighted by Crippen LogP contribution is -2.28. The molecule has 0 heterocycles. The molecule has 70 valence electrons. The van der Waals surface area contributed by atoms with Crippen LogP contribution in [0.2, 0.25) is 0 Å². The third kappa shape index (κ3) is 4.94. The maximum absolute atomic E-state index is 3.69. The fourth-order valence-electron chi connectivity index (χ4n) is 0.998. The van der Waals surface area contributed by atoms with Crippen LogP contribution in [0, 0.1) is 5.92 Å². The summed E-state index contributed by atoms with van der Waals surface area (Å²) in [5.41, 5.74) is 0. The van der Waals surface area contributed by atoms with Gasteiger partial charge in [-0.05, 0) is 26.5 Å². The Balaban J connectivity index is 4.03. The molecule has 2 nitrogen and oxygen atoms in total. The van der Waals surface area contributed by atoms with Crippen molar-refractivity contribution < 1.29 is 0 Å². The number of aliphatic imine (C=N–C) groups is 1. The molecule has 0 aromatic rings. The van der Waals surface area contributed by atoms with Crippen molar-refractivity contribution in [1.29, 1.82) is 0 Å². The molecule has 0 aromatic carbocycles. The first-order valence-electron chi connectivity index (χ1n) is 4.46. The summed E-state index contributed by atoms with van der Waals surface area (Å²) in [6.07, 6.45) is 3.74. The second kappa shape index (κ2) is 5.81. The van der Waals surface area contributed by atoms with E-state index in [-0.39, 0.29) is 0 Å². The number of hydrogen-bond donors (Lipinski definition) is 0. The van der Waals surface area contributed by atoms with Gasteiger partial charge in [-0.25, -0.2) is 0 Å². The molecule has 0 atom stereocenters. The molecule has 0 aliphatic carbocycles. The minimum absolute atomic E-state index is 0.533. The highest BCUT2D eigenvalue weighted by molar-refractivity contribution is 5.25. The van der Waals surface area contributed by atoms with E-state index in [0.29, 0.717) is 12.0 Å². The van der Waals surface area contributed by atoms with Gasteiger partial charge >= 0.3 is 0 Å². The smallest absolute Gasteiger partial charge is 0.0419 e. The molecule has 2 heteroatoms. The first-order chi connectivity index (χ1) is 5.57. The Morgan fingerprint density at radius 3 is 2.25 bits per heavy atom. The van der Waals surface area contributed by atoms with Gasteiger partial charge in [0.15, 0.2) is 0 Å². The Hall–Kier alpha value is -0.790. The van der Waals surface area contributed by atoms with Crippen molar-refractivity contribution in [3.05, 3.63) is 12.4 Å². The first-order valence-corrected chi connectivity index (χ1v) is 4.46. The highest BCUT2D eigenvalue weighted by atomic mass is 15.1. The summed E-state index contributed by atoms with van der Waals surface area (Å²) in [4.78, 5) is 5.96. The number of nitrogens with zero attached hydrogens (tertiary/aromatic N) is 2. The summed E-state index contributed by atoms with van der Waals surface area (Å²) in [6, 6.07) is 0.533. The maximum atomic E-state index is 3.69. The van der Waals surface area contributed by atoms with Gasteiger partial charge in [0.05, 0.1) is 0 Å². The molecule has 0 bridgehead atoms. The summed E-state index contributed by atoms with van der Waals surface area (Å²) < 4.78 is 0. The second-order valence-corrected chi connectivity index (χ2v) is 3.67. The topological polar surface area (TPSA) is 15.6 Å². The summed E-state index contributed by atoms with van der Waals surface area (Å²) >= 11 is 0. The Bertz CT molecular complexity index is 148. The van der Waals surface area contributed by atoms with E-state index in [4.69, 9.17) is 0 Å². The quantitative estimate of drug-likeness (QED) is 0.576. The van der Waals surface area contributed by atoms with Crippen LogP contribution in [0.15, 0.2) is 17.4 Å². The van der Waals surface area contributed by atoms with Crippen LogP contribution in [-0.2, 0) is 0 Å². The Kier molecular flexibility index (Phi) is 5.43. The van der Waals surface area contributed by atoms with E-state index in [1.807, 2.05) is 6.20 Å². The van der Waals surface area contributed by atoms with Crippen LogP contribution in [0.3, 0.4) is 0 Å². The Morgan fingerprint density at radius 1 is 1.33 bits per heavy atom. The number of rotatable bonds is 5. The largest absolute Gasteiger partial charge is 0.373 e. The van der Waals surface area contributed by atoms with Crippen molar-refractivity contribution in [2.45, 2.75) is 33.7 Å². The van der Waals surface area contributed by atoms with Crippen LogP contribution in [0.4, 0.5) is 0 Å². The van der Waals surface area contributed by atoms with Gasteiger partial charge in [0.25, 0.3) is 0 Å². The van der Waals surface area contributed by atoms with E-state index in [9.17, 15) is 0 Å². The molecular weight excluding hydrogens is 148 g/mol. The lowest BCUT2D eigenvalue weighted by atomic mass is 10.2. The van der Waals surface area contributed by atoms with Crippen molar-refractivity contribution in [2.24, 2.45) is 10.9 Å². The fraction of sp³-hybridized carbons (Fsp3) is 0.700. The van der Waals surface area contributed by atoms with E-state index in [2.05, 4.69) is 44.3 Å². The minimum atomic E-state index is 0.533.